The van der Waals surface area contributed by atoms with E-state index >= 15 is 0 Å². The van der Waals surface area contributed by atoms with Crippen molar-refractivity contribution >= 4 is 27.3 Å². The van der Waals surface area contributed by atoms with E-state index in [0.717, 1.165) is 28.1 Å². The highest BCUT2D eigenvalue weighted by molar-refractivity contribution is 9.10. The van der Waals surface area contributed by atoms with Crippen LogP contribution in [0.2, 0.25) is 0 Å². The first-order chi connectivity index (χ1) is 8.65. The molecule has 0 atom stereocenters. The lowest BCUT2D eigenvalue weighted by atomic mass is 10.2. The van der Waals surface area contributed by atoms with E-state index < -0.39 is 0 Å². The van der Waals surface area contributed by atoms with Crippen LogP contribution in [-0.4, -0.2) is 11.5 Å². The highest BCUT2D eigenvalue weighted by Gasteiger charge is 2.03. The summed E-state index contributed by atoms with van der Waals surface area (Å²) < 4.78 is 14.3. The summed E-state index contributed by atoms with van der Waals surface area (Å²) >= 11 is 4.91. The topological polar surface area (TPSA) is 24.9 Å². The van der Waals surface area contributed by atoms with Crippen LogP contribution in [-0.2, 0) is 13.0 Å². The Morgan fingerprint density at radius 1 is 1.44 bits per heavy atom. The second-order valence-electron chi connectivity index (χ2n) is 4.05. The minimum Gasteiger partial charge on any atom is -0.312 e. The average molecular weight is 329 g/mol. The maximum Gasteiger partial charge on any atom is 0.128 e. The van der Waals surface area contributed by atoms with Crippen LogP contribution in [0.25, 0.3) is 0 Å². The molecule has 0 radical (unpaired) electrons. The number of nitrogens with one attached hydrogen (secondary N) is 1. The first kappa shape index (κ1) is 13.6. The molecular weight excluding hydrogens is 315 g/mol. The molecule has 1 heterocycles. The maximum atomic E-state index is 13.5. The number of aromatic nitrogens is 1. The molecule has 0 aliphatic heterocycles. The summed E-state index contributed by atoms with van der Waals surface area (Å²) in [5.74, 6) is -0.179. The molecule has 96 valence electrons. The molecule has 1 N–H and O–H groups in total. The molecule has 0 saturated heterocycles. The maximum absolute atomic E-state index is 13.5. The van der Waals surface area contributed by atoms with Crippen molar-refractivity contribution < 1.29 is 4.39 Å². The zero-order valence-electron chi connectivity index (χ0n) is 10.0. The normalized spacial score (nSPS) is 10.8. The van der Waals surface area contributed by atoms with E-state index in [9.17, 15) is 4.39 Å². The minimum atomic E-state index is -0.179. The predicted octanol–water partition coefficient (Wildman–Crippen LogP) is 3.69. The van der Waals surface area contributed by atoms with Crippen LogP contribution in [0.15, 0.2) is 28.1 Å². The van der Waals surface area contributed by atoms with Gasteiger partial charge in [0.1, 0.15) is 5.82 Å². The van der Waals surface area contributed by atoms with Crippen molar-refractivity contribution in [3.05, 3.63) is 50.1 Å². The quantitative estimate of drug-likeness (QED) is 0.847. The van der Waals surface area contributed by atoms with E-state index in [1.165, 1.54) is 6.07 Å². The Balaban J connectivity index is 1.78. The summed E-state index contributed by atoms with van der Waals surface area (Å²) in [6.45, 7) is 3.34. The molecule has 0 aliphatic rings. The van der Waals surface area contributed by atoms with E-state index in [-0.39, 0.29) is 5.82 Å². The van der Waals surface area contributed by atoms with Crippen LogP contribution < -0.4 is 5.32 Å². The Morgan fingerprint density at radius 2 is 2.28 bits per heavy atom. The third-order valence-electron chi connectivity index (χ3n) is 2.51. The van der Waals surface area contributed by atoms with Gasteiger partial charge in [-0.1, -0.05) is 22.0 Å². The Kier molecular flexibility index (Phi) is 4.86. The van der Waals surface area contributed by atoms with E-state index in [0.29, 0.717) is 12.1 Å². The second-order valence-corrected chi connectivity index (χ2v) is 5.90. The van der Waals surface area contributed by atoms with Crippen molar-refractivity contribution in [2.24, 2.45) is 0 Å². The van der Waals surface area contributed by atoms with Gasteiger partial charge in [-0.3, -0.25) is 0 Å². The van der Waals surface area contributed by atoms with Crippen molar-refractivity contribution in [1.82, 2.24) is 10.3 Å². The third-order valence-corrected chi connectivity index (χ3v) is 4.03. The Morgan fingerprint density at radius 3 is 2.94 bits per heavy atom. The van der Waals surface area contributed by atoms with Crippen LogP contribution in [0, 0.1) is 12.7 Å². The monoisotopic (exact) mass is 328 g/mol. The molecule has 0 saturated carbocycles. The highest BCUT2D eigenvalue weighted by Crippen LogP contribution is 2.15. The third kappa shape index (κ3) is 3.86. The van der Waals surface area contributed by atoms with Gasteiger partial charge in [-0.15, -0.1) is 11.3 Å². The number of thiazole rings is 1. The number of halogens is 2. The van der Waals surface area contributed by atoms with Crippen LogP contribution in [0.5, 0.6) is 0 Å². The summed E-state index contributed by atoms with van der Waals surface area (Å²) in [6, 6.07) is 5.13. The fraction of sp³-hybridized carbons (Fsp3) is 0.308. The summed E-state index contributed by atoms with van der Waals surface area (Å²) in [4.78, 5) is 4.38. The number of hydrogen-bond acceptors (Lipinski definition) is 3. The van der Waals surface area contributed by atoms with Crippen LogP contribution in [0.1, 0.15) is 16.3 Å². The van der Waals surface area contributed by atoms with E-state index in [4.69, 9.17) is 0 Å². The molecule has 5 heteroatoms. The number of aryl methyl sites for hydroxylation is 1. The molecular formula is C13H14BrFN2S. The molecule has 0 aliphatic carbocycles. The number of nitrogens with zero attached hydrogens (tertiary/aromatic N) is 1. The summed E-state index contributed by atoms with van der Waals surface area (Å²) in [5, 5.41) is 6.40. The molecule has 0 bridgehead atoms. The first-order valence-corrected chi connectivity index (χ1v) is 7.38. The standard InChI is InChI=1S/C13H14BrFN2S/c1-9-8-18-13(17-9)4-5-16-7-10-2-3-11(14)6-12(10)15/h2-3,6,8,16H,4-5,7H2,1H3. The lowest BCUT2D eigenvalue weighted by molar-refractivity contribution is 0.587. The van der Waals surface area contributed by atoms with Crippen LogP contribution >= 0.6 is 27.3 Å². The van der Waals surface area contributed by atoms with Gasteiger partial charge in [0, 0.05) is 40.6 Å². The Bertz CT molecular complexity index is 527. The Hall–Kier alpha value is -0.780. The van der Waals surface area contributed by atoms with Gasteiger partial charge >= 0.3 is 0 Å². The number of hydrogen-bond donors (Lipinski definition) is 1. The van der Waals surface area contributed by atoms with Gasteiger partial charge in [-0.2, -0.15) is 0 Å². The second kappa shape index (κ2) is 6.41. The van der Waals surface area contributed by atoms with Gasteiger partial charge in [0.05, 0.1) is 5.01 Å². The average Bonchev–Trinajstić information content (AvgIpc) is 2.73. The minimum absolute atomic E-state index is 0.179. The summed E-state index contributed by atoms with van der Waals surface area (Å²) in [5.41, 5.74) is 1.75. The van der Waals surface area contributed by atoms with Crippen LogP contribution in [0.4, 0.5) is 4.39 Å². The molecule has 0 amide bonds. The molecule has 18 heavy (non-hydrogen) atoms. The fourth-order valence-corrected chi connectivity index (χ4v) is 2.71. The van der Waals surface area contributed by atoms with Gasteiger partial charge in [0.25, 0.3) is 0 Å². The largest absolute Gasteiger partial charge is 0.312 e. The van der Waals surface area contributed by atoms with E-state index in [1.807, 2.05) is 18.4 Å². The number of rotatable bonds is 5. The lowest BCUT2D eigenvalue weighted by Gasteiger charge is -2.05. The van der Waals surface area contributed by atoms with E-state index in [2.05, 4.69) is 26.2 Å². The molecule has 0 unspecified atom stereocenters. The molecule has 1 aromatic carbocycles. The zero-order valence-corrected chi connectivity index (χ0v) is 12.4. The number of benzene rings is 1. The van der Waals surface area contributed by atoms with Gasteiger partial charge in [0.15, 0.2) is 0 Å². The van der Waals surface area contributed by atoms with Crippen molar-refractivity contribution in [1.29, 1.82) is 0 Å². The summed E-state index contributed by atoms with van der Waals surface area (Å²) in [6.07, 6.45) is 0.886. The van der Waals surface area contributed by atoms with Gasteiger partial charge < -0.3 is 5.32 Å². The lowest BCUT2D eigenvalue weighted by Crippen LogP contribution is -2.17. The van der Waals surface area contributed by atoms with Gasteiger partial charge in [0.2, 0.25) is 0 Å². The van der Waals surface area contributed by atoms with Crippen molar-refractivity contribution in [3.63, 3.8) is 0 Å². The smallest absolute Gasteiger partial charge is 0.128 e. The molecule has 0 spiro atoms. The fourth-order valence-electron chi connectivity index (χ4n) is 1.60. The van der Waals surface area contributed by atoms with Crippen molar-refractivity contribution in [2.75, 3.05) is 6.54 Å². The van der Waals surface area contributed by atoms with Gasteiger partial charge in [-0.25, -0.2) is 9.37 Å². The Labute approximate surface area is 118 Å². The molecule has 1 aromatic heterocycles. The van der Waals surface area contributed by atoms with Gasteiger partial charge in [-0.05, 0) is 19.1 Å². The van der Waals surface area contributed by atoms with Crippen molar-refractivity contribution in [3.8, 4) is 0 Å². The summed E-state index contributed by atoms with van der Waals surface area (Å²) in [7, 11) is 0. The highest BCUT2D eigenvalue weighted by atomic mass is 79.9. The first-order valence-electron chi connectivity index (χ1n) is 5.71. The predicted molar refractivity (Wildman–Crippen MR) is 76.4 cm³/mol. The molecule has 2 aromatic rings. The van der Waals surface area contributed by atoms with Crippen LogP contribution in [0.3, 0.4) is 0 Å². The molecule has 2 nitrogen and oxygen atoms in total. The zero-order chi connectivity index (χ0) is 13.0. The van der Waals surface area contributed by atoms with Crippen molar-refractivity contribution in [2.45, 2.75) is 19.9 Å². The molecule has 0 fully saturated rings. The molecule has 2 rings (SSSR count). The SMILES string of the molecule is Cc1csc(CCNCc2ccc(Br)cc2F)n1. The van der Waals surface area contributed by atoms with E-state index in [1.54, 1.807) is 17.4 Å².